The first-order chi connectivity index (χ1) is 10.1. The quantitative estimate of drug-likeness (QED) is 0.659. The number of nitrogens with zero attached hydrogens (tertiary/aromatic N) is 1. The van der Waals surface area contributed by atoms with Crippen molar-refractivity contribution in [3.05, 3.63) is 34.1 Å². The smallest absolute Gasteiger partial charge is 0.304 e. The summed E-state index contributed by atoms with van der Waals surface area (Å²) in [6, 6.07) is 4.45. The number of nitrogens with one attached hydrogen (secondary N) is 1. The third-order valence-electron chi connectivity index (χ3n) is 5.05. The van der Waals surface area contributed by atoms with E-state index in [1.807, 2.05) is 0 Å². The Hall–Kier alpha value is -1.65. The molecule has 0 saturated heterocycles. The molecule has 2 saturated carbocycles. The van der Waals surface area contributed by atoms with Gasteiger partial charge in [-0.3, -0.25) is 10.1 Å². The standard InChI is InChI=1S/C16H21FN2O2/c17-15-10-14(7-8-16(15)19(20)21)18-13-6-5-11-3-1-2-4-12(11)9-13/h7-8,10-13,18H,1-6,9H2. The van der Waals surface area contributed by atoms with Gasteiger partial charge in [0.15, 0.2) is 0 Å². The lowest BCUT2D eigenvalue weighted by molar-refractivity contribution is -0.387. The van der Waals surface area contributed by atoms with Crippen molar-refractivity contribution in [1.82, 2.24) is 0 Å². The molecule has 2 aliphatic carbocycles. The number of benzene rings is 1. The molecule has 1 N–H and O–H groups in total. The molecule has 21 heavy (non-hydrogen) atoms. The maximum absolute atomic E-state index is 13.6. The minimum Gasteiger partial charge on any atom is -0.382 e. The van der Waals surface area contributed by atoms with Crippen LogP contribution in [-0.2, 0) is 0 Å². The second-order valence-corrected chi connectivity index (χ2v) is 6.38. The fourth-order valence-electron chi connectivity index (χ4n) is 3.98. The number of nitro groups is 1. The molecule has 0 radical (unpaired) electrons. The van der Waals surface area contributed by atoms with Crippen molar-refractivity contribution in [2.24, 2.45) is 11.8 Å². The molecule has 0 bridgehead atoms. The van der Waals surface area contributed by atoms with Crippen molar-refractivity contribution in [3.63, 3.8) is 0 Å². The maximum Gasteiger partial charge on any atom is 0.304 e. The molecule has 0 aromatic heterocycles. The molecular formula is C16H21FN2O2. The molecule has 0 amide bonds. The van der Waals surface area contributed by atoms with Gasteiger partial charge < -0.3 is 5.32 Å². The first-order valence-corrected chi connectivity index (χ1v) is 7.84. The highest BCUT2D eigenvalue weighted by molar-refractivity contribution is 5.50. The van der Waals surface area contributed by atoms with Crippen molar-refractivity contribution < 1.29 is 9.31 Å². The number of nitro benzene ring substituents is 1. The van der Waals surface area contributed by atoms with Gasteiger partial charge in [-0.05, 0) is 37.2 Å². The molecule has 0 aliphatic heterocycles. The van der Waals surface area contributed by atoms with Gasteiger partial charge in [-0.15, -0.1) is 0 Å². The van der Waals surface area contributed by atoms with E-state index < -0.39 is 16.4 Å². The zero-order chi connectivity index (χ0) is 14.8. The molecule has 0 heterocycles. The summed E-state index contributed by atoms with van der Waals surface area (Å²) in [4.78, 5) is 9.94. The Morgan fingerprint density at radius 1 is 1.14 bits per heavy atom. The summed E-state index contributed by atoms with van der Waals surface area (Å²) in [6.45, 7) is 0. The van der Waals surface area contributed by atoms with Crippen LogP contribution in [0.25, 0.3) is 0 Å². The van der Waals surface area contributed by atoms with Crippen LogP contribution >= 0.6 is 0 Å². The van der Waals surface area contributed by atoms with E-state index in [-0.39, 0.29) is 0 Å². The van der Waals surface area contributed by atoms with E-state index in [4.69, 9.17) is 0 Å². The van der Waals surface area contributed by atoms with Gasteiger partial charge in [0.05, 0.1) is 4.92 Å². The Morgan fingerprint density at radius 2 is 1.90 bits per heavy atom. The fraction of sp³-hybridized carbons (Fsp3) is 0.625. The number of hydrogen-bond donors (Lipinski definition) is 1. The number of fused-ring (bicyclic) bond motifs is 1. The van der Waals surface area contributed by atoms with Crippen molar-refractivity contribution in [1.29, 1.82) is 0 Å². The Kier molecular flexibility index (Phi) is 4.08. The number of rotatable bonds is 3. The maximum atomic E-state index is 13.6. The lowest BCUT2D eigenvalue weighted by Crippen LogP contribution is -2.34. The predicted molar refractivity (Wildman–Crippen MR) is 79.8 cm³/mol. The van der Waals surface area contributed by atoms with E-state index in [0.29, 0.717) is 11.7 Å². The van der Waals surface area contributed by atoms with Crippen molar-refractivity contribution in [2.45, 2.75) is 51.0 Å². The Morgan fingerprint density at radius 3 is 2.62 bits per heavy atom. The van der Waals surface area contributed by atoms with E-state index in [0.717, 1.165) is 24.7 Å². The van der Waals surface area contributed by atoms with Crippen LogP contribution in [0.5, 0.6) is 0 Å². The molecule has 2 fully saturated rings. The van der Waals surface area contributed by atoms with E-state index in [1.54, 1.807) is 6.07 Å². The van der Waals surface area contributed by atoms with E-state index in [9.17, 15) is 14.5 Å². The minimum atomic E-state index is -0.767. The highest BCUT2D eigenvalue weighted by atomic mass is 19.1. The second-order valence-electron chi connectivity index (χ2n) is 6.38. The molecule has 3 rings (SSSR count). The summed E-state index contributed by atoms with van der Waals surface area (Å²) in [6.07, 6.45) is 8.88. The number of anilines is 1. The predicted octanol–water partition coefficient (Wildman–Crippen LogP) is 4.50. The summed E-state index contributed by atoms with van der Waals surface area (Å²) in [5.74, 6) is 0.912. The zero-order valence-corrected chi connectivity index (χ0v) is 12.1. The molecule has 1 aromatic rings. The zero-order valence-electron chi connectivity index (χ0n) is 12.1. The van der Waals surface area contributed by atoms with Gasteiger partial charge >= 0.3 is 5.69 Å². The van der Waals surface area contributed by atoms with Gasteiger partial charge in [-0.1, -0.05) is 25.7 Å². The molecule has 0 spiro atoms. The van der Waals surface area contributed by atoms with Crippen LogP contribution in [0.3, 0.4) is 0 Å². The summed E-state index contributed by atoms with van der Waals surface area (Å²) < 4.78 is 13.6. The van der Waals surface area contributed by atoms with E-state index >= 15 is 0 Å². The van der Waals surface area contributed by atoms with Crippen molar-refractivity contribution >= 4 is 11.4 Å². The van der Waals surface area contributed by atoms with Crippen LogP contribution in [-0.4, -0.2) is 11.0 Å². The van der Waals surface area contributed by atoms with Crippen LogP contribution < -0.4 is 5.32 Å². The van der Waals surface area contributed by atoms with Crippen LogP contribution in [0.4, 0.5) is 15.8 Å². The second kappa shape index (κ2) is 6.00. The molecule has 3 atom stereocenters. The first kappa shape index (κ1) is 14.3. The van der Waals surface area contributed by atoms with Crippen molar-refractivity contribution in [2.75, 3.05) is 5.32 Å². The van der Waals surface area contributed by atoms with Gasteiger partial charge in [-0.25, -0.2) is 0 Å². The van der Waals surface area contributed by atoms with Crippen LogP contribution in [0.1, 0.15) is 44.9 Å². The summed E-state index contributed by atoms with van der Waals surface area (Å²) >= 11 is 0. The average Bonchev–Trinajstić information content (AvgIpc) is 2.47. The van der Waals surface area contributed by atoms with Crippen LogP contribution in [0, 0.1) is 27.8 Å². The summed E-state index contributed by atoms with van der Waals surface area (Å²) in [7, 11) is 0. The monoisotopic (exact) mass is 292 g/mol. The SMILES string of the molecule is O=[N+]([O-])c1ccc(NC2CCC3CCCCC3C2)cc1F. The molecule has 1 aromatic carbocycles. The summed E-state index contributed by atoms with van der Waals surface area (Å²) in [5.41, 5.74) is 0.189. The molecule has 114 valence electrons. The van der Waals surface area contributed by atoms with Gasteiger partial charge in [0.2, 0.25) is 5.82 Å². The number of hydrogen-bond acceptors (Lipinski definition) is 3. The van der Waals surface area contributed by atoms with Gasteiger partial charge in [0, 0.05) is 23.9 Å². The first-order valence-electron chi connectivity index (χ1n) is 7.84. The van der Waals surface area contributed by atoms with E-state index in [1.165, 1.54) is 44.2 Å². The molecule has 2 aliphatic rings. The van der Waals surface area contributed by atoms with Gasteiger partial charge in [-0.2, -0.15) is 4.39 Å². The highest BCUT2D eigenvalue weighted by Gasteiger charge is 2.32. The topological polar surface area (TPSA) is 55.2 Å². The average molecular weight is 292 g/mol. The molecule has 5 heteroatoms. The van der Waals surface area contributed by atoms with Crippen molar-refractivity contribution in [3.8, 4) is 0 Å². The Bertz CT molecular complexity index is 535. The largest absolute Gasteiger partial charge is 0.382 e. The molecule has 3 unspecified atom stereocenters. The normalized spacial score (nSPS) is 28.7. The van der Waals surface area contributed by atoms with Crippen LogP contribution in [0.2, 0.25) is 0 Å². The van der Waals surface area contributed by atoms with Gasteiger partial charge in [0.1, 0.15) is 0 Å². The Balaban J connectivity index is 1.64. The Labute approximate surface area is 123 Å². The third kappa shape index (κ3) is 3.17. The summed E-state index contributed by atoms with van der Waals surface area (Å²) in [5, 5.41) is 14.0. The van der Waals surface area contributed by atoms with Gasteiger partial charge in [0.25, 0.3) is 0 Å². The molecule has 4 nitrogen and oxygen atoms in total. The minimum absolute atomic E-state index is 0.366. The van der Waals surface area contributed by atoms with Crippen LogP contribution in [0.15, 0.2) is 18.2 Å². The highest BCUT2D eigenvalue weighted by Crippen LogP contribution is 2.41. The fourth-order valence-corrected chi connectivity index (χ4v) is 3.98. The number of halogens is 1. The lowest BCUT2D eigenvalue weighted by Gasteiger charge is -2.39. The third-order valence-corrected chi connectivity index (χ3v) is 5.05. The van der Waals surface area contributed by atoms with E-state index in [2.05, 4.69) is 5.32 Å². The lowest BCUT2D eigenvalue weighted by atomic mass is 9.69. The molecular weight excluding hydrogens is 271 g/mol.